The fraction of sp³-hybridized carbons (Fsp3) is 0.455. The van der Waals surface area contributed by atoms with Gasteiger partial charge in [0.25, 0.3) is 0 Å². The highest BCUT2D eigenvalue weighted by Crippen LogP contribution is 2.29. The van der Waals surface area contributed by atoms with Crippen LogP contribution in [-0.4, -0.2) is 18.2 Å². The Kier molecular flexibility index (Phi) is 2.00. The van der Waals surface area contributed by atoms with Crippen LogP contribution in [0.2, 0.25) is 0 Å². The average Bonchev–Trinajstić information content (AvgIpc) is 1.92. The second-order valence-electron chi connectivity index (χ2n) is 3.85. The molecule has 1 saturated heterocycles. The van der Waals surface area contributed by atoms with Crippen LogP contribution in [0.4, 0.5) is 0 Å². The first-order chi connectivity index (χ1) is 6.18. The second-order valence-corrected chi connectivity index (χ2v) is 3.85. The van der Waals surface area contributed by atoms with Crippen molar-refractivity contribution in [1.29, 1.82) is 0 Å². The zero-order valence-corrected chi connectivity index (χ0v) is 8.09. The van der Waals surface area contributed by atoms with Crippen LogP contribution >= 0.6 is 0 Å². The maximum Gasteiger partial charge on any atom is 0.116 e. The van der Waals surface area contributed by atoms with Gasteiger partial charge in [-0.25, -0.2) is 0 Å². The van der Waals surface area contributed by atoms with Crippen LogP contribution < -0.4 is 5.32 Å². The maximum atomic E-state index is 9.38. The summed E-state index contributed by atoms with van der Waals surface area (Å²) in [5, 5.41) is 12.6. The van der Waals surface area contributed by atoms with Crippen LogP contribution in [-0.2, 0) is 0 Å². The van der Waals surface area contributed by atoms with Gasteiger partial charge in [0.15, 0.2) is 0 Å². The highest BCUT2D eigenvalue weighted by molar-refractivity contribution is 5.43. The van der Waals surface area contributed by atoms with E-state index < -0.39 is 0 Å². The molecule has 1 aromatic carbocycles. The number of benzene rings is 1. The third-order valence-electron chi connectivity index (χ3n) is 2.77. The lowest BCUT2D eigenvalue weighted by atomic mass is 9.87. The number of aryl methyl sites for hydroxylation is 2. The summed E-state index contributed by atoms with van der Waals surface area (Å²) in [7, 11) is 0. The van der Waals surface area contributed by atoms with Gasteiger partial charge in [-0.1, -0.05) is 0 Å². The minimum atomic E-state index is 0.381. The van der Waals surface area contributed by atoms with Gasteiger partial charge in [-0.05, 0) is 42.7 Å². The molecule has 0 aromatic heterocycles. The molecule has 0 aliphatic carbocycles. The molecule has 1 fully saturated rings. The van der Waals surface area contributed by atoms with Gasteiger partial charge < -0.3 is 10.4 Å². The second kappa shape index (κ2) is 3.04. The van der Waals surface area contributed by atoms with Gasteiger partial charge in [0.1, 0.15) is 5.75 Å². The van der Waals surface area contributed by atoms with Crippen LogP contribution in [0.1, 0.15) is 22.6 Å². The normalized spacial score (nSPS) is 17.1. The van der Waals surface area contributed by atoms with Gasteiger partial charge in [-0.2, -0.15) is 0 Å². The molecule has 0 radical (unpaired) electrons. The van der Waals surface area contributed by atoms with Crippen LogP contribution in [0.3, 0.4) is 0 Å². The minimum absolute atomic E-state index is 0.381. The Balaban J connectivity index is 2.43. The quantitative estimate of drug-likeness (QED) is 0.684. The molecule has 0 atom stereocenters. The van der Waals surface area contributed by atoms with E-state index in [4.69, 9.17) is 0 Å². The van der Waals surface area contributed by atoms with Crippen molar-refractivity contribution in [2.24, 2.45) is 0 Å². The fourth-order valence-electron chi connectivity index (χ4n) is 2.09. The van der Waals surface area contributed by atoms with Gasteiger partial charge in [0.2, 0.25) is 0 Å². The Bertz CT molecular complexity index is 306. The highest BCUT2D eigenvalue weighted by atomic mass is 16.3. The topological polar surface area (TPSA) is 32.3 Å². The molecule has 0 unspecified atom stereocenters. The third-order valence-corrected chi connectivity index (χ3v) is 2.77. The Morgan fingerprint density at radius 2 is 1.77 bits per heavy atom. The largest absolute Gasteiger partial charge is 0.508 e. The molecule has 13 heavy (non-hydrogen) atoms. The van der Waals surface area contributed by atoms with Crippen molar-refractivity contribution < 1.29 is 5.11 Å². The van der Waals surface area contributed by atoms with Gasteiger partial charge in [0, 0.05) is 19.0 Å². The summed E-state index contributed by atoms with van der Waals surface area (Å²) in [4.78, 5) is 0. The van der Waals surface area contributed by atoms with E-state index in [2.05, 4.69) is 19.2 Å². The van der Waals surface area contributed by atoms with Crippen molar-refractivity contribution in [3.05, 3.63) is 28.8 Å². The van der Waals surface area contributed by atoms with E-state index in [-0.39, 0.29) is 0 Å². The zero-order chi connectivity index (χ0) is 9.42. The van der Waals surface area contributed by atoms with Crippen LogP contribution in [0, 0.1) is 13.8 Å². The molecule has 1 aromatic rings. The number of hydrogen-bond donors (Lipinski definition) is 2. The number of hydrogen-bond acceptors (Lipinski definition) is 2. The minimum Gasteiger partial charge on any atom is -0.508 e. The summed E-state index contributed by atoms with van der Waals surface area (Å²) < 4.78 is 0. The van der Waals surface area contributed by atoms with E-state index in [1.54, 1.807) is 0 Å². The molecule has 1 aliphatic heterocycles. The molecular weight excluding hydrogens is 162 g/mol. The molecule has 0 bridgehead atoms. The van der Waals surface area contributed by atoms with Crippen molar-refractivity contribution >= 4 is 0 Å². The summed E-state index contributed by atoms with van der Waals surface area (Å²) in [6, 6.07) is 3.70. The molecule has 2 nitrogen and oxygen atoms in total. The van der Waals surface area contributed by atoms with E-state index in [9.17, 15) is 5.11 Å². The van der Waals surface area contributed by atoms with Crippen LogP contribution in [0.5, 0.6) is 5.75 Å². The van der Waals surface area contributed by atoms with Crippen molar-refractivity contribution in [2.45, 2.75) is 19.8 Å². The fourth-order valence-corrected chi connectivity index (χ4v) is 2.09. The SMILES string of the molecule is Cc1cc(O)cc(C)c1C1CNC1. The first-order valence-corrected chi connectivity index (χ1v) is 4.69. The van der Waals surface area contributed by atoms with Crippen LogP contribution in [0.15, 0.2) is 12.1 Å². The standard InChI is InChI=1S/C11H15NO/c1-7-3-10(13)4-8(2)11(7)9-5-12-6-9/h3-4,9,12-13H,5-6H2,1-2H3. The summed E-state index contributed by atoms with van der Waals surface area (Å²) in [5.41, 5.74) is 3.84. The van der Waals surface area contributed by atoms with Crippen molar-refractivity contribution in [1.82, 2.24) is 5.32 Å². The number of rotatable bonds is 1. The Morgan fingerprint density at radius 3 is 2.15 bits per heavy atom. The number of aromatic hydroxyl groups is 1. The Hall–Kier alpha value is -1.02. The Morgan fingerprint density at radius 1 is 1.23 bits per heavy atom. The van der Waals surface area contributed by atoms with Gasteiger partial charge in [-0.15, -0.1) is 0 Å². The van der Waals surface area contributed by atoms with E-state index in [0.29, 0.717) is 11.7 Å². The summed E-state index contributed by atoms with van der Waals surface area (Å²) in [6.07, 6.45) is 0. The third kappa shape index (κ3) is 1.42. The maximum absolute atomic E-state index is 9.38. The molecule has 2 heteroatoms. The molecule has 1 heterocycles. The number of phenols is 1. The summed E-state index contributed by atoms with van der Waals surface area (Å²) in [6.45, 7) is 6.29. The predicted octanol–water partition coefficient (Wildman–Crippen LogP) is 1.70. The van der Waals surface area contributed by atoms with Crippen molar-refractivity contribution in [2.75, 3.05) is 13.1 Å². The molecule has 2 N–H and O–H groups in total. The van der Waals surface area contributed by atoms with Gasteiger partial charge in [-0.3, -0.25) is 0 Å². The monoisotopic (exact) mass is 177 g/mol. The predicted molar refractivity (Wildman–Crippen MR) is 53.2 cm³/mol. The molecule has 0 spiro atoms. The van der Waals surface area contributed by atoms with Gasteiger partial charge in [0.05, 0.1) is 0 Å². The van der Waals surface area contributed by atoms with Crippen molar-refractivity contribution in [3.63, 3.8) is 0 Å². The van der Waals surface area contributed by atoms with E-state index in [1.807, 2.05) is 12.1 Å². The van der Waals surface area contributed by atoms with E-state index in [1.165, 1.54) is 16.7 Å². The molecular formula is C11H15NO. The summed E-state index contributed by atoms with van der Waals surface area (Å²) >= 11 is 0. The molecule has 70 valence electrons. The Labute approximate surface area is 78.6 Å². The van der Waals surface area contributed by atoms with E-state index in [0.717, 1.165) is 13.1 Å². The number of nitrogens with one attached hydrogen (secondary N) is 1. The highest BCUT2D eigenvalue weighted by Gasteiger charge is 2.22. The molecule has 0 saturated carbocycles. The van der Waals surface area contributed by atoms with Crippen molar-refractivity contribution in [3.8, 4) is 5.75 Å². The lowest BCUT2D eigenvalue weighted by Crippen LogP contribution is -2.40. The first kappa shape index (κ1) is 8.57. The molecule has 1 aliphatic rings. The molecule has 0 amide bonds. The zero-order valence-electron chi connectivity index (χ0n) is 8.09. The smallest absolute Gasteiger partial charge is 0.116 e. The molecule has 2 rings (SSSR count). The first-order valence-electron chi connectivity index (χ1n) is 4.69. The lowest BCUT2D eigenvalue weighted by molar-refractivity contribution is 0.442. The average molecular weight is 177 g/mol. The van der Waals surface area contributed by atoms with Gasteiger partial charge >= 0.3 is 0 Å². The number of phenolic OH excluding ortho intramolecular Hbond substituents is 1. The lowest BCUT2D eigenvalue weighted by Gasteiger charge is -2.30. The van der Waals surface area contributed by atoms with Crippen LogP contribution in [0.25, 0.3) is 0 Å². The van der Waals surface area contributed by atoms with E-state index >= 15 is 0 Å². The summed E-state index contributed by atoms with van der Waals surface area (Å²) in [5.74, 6) is 1.03.